The predicted molar refractivity (Wildman–Crippen MR) is 74.1 cm³/mol. The summed E-state index contributed by atoms with van der Waals surface area (Å²) in [6.45, 7) is 2.89. The van der Waals surface area contributed by atoms with Crippen LogP contribution in [0.25, 0.3) is 0 Å². The number of hydrogen-bond acceptors (Lipinski definition) is 2. The van der Waals surface area contributed by atoms with Gasteiger partial charge in [0.2, 0.25) is 0 Å². The van der Waals surface area contributed by atoms with Crippen LogP contribution in [0.2, 0.25) is 0 Å². The zero-order valence-electron chi connectivity index (χ0n) is 9.94. The number of rotatable bonds is 3. The number of alkyl halides is 1. The van der Waals surface area contributed by atoms with E-state index in [1.54, 1.807) is 12.1 Å². The van der Waals surface area contributed by atoms with Crippen LogP contribution in [0.3, 0.4) is 0 Å². The zero-order chi connectivity index (χ0) is 11.4. The lowest BCUT2D eigenvalue weighted by Gasteiger charge is -2.33. The monoisotopic (exact) mass is 298 g/mol. The summed E-state index contributed by atoms with van der Waals surface area (Å²) >= 11 is 0. The van der Waals surface area contributed by atoms with Crippen LogP contribution in [-0.2, 0) is 0 Å². The van der Waals surface area contributed by atoms with Crippen LogP contribution in [0.1, 0.15) is 11.6 Å². The molecule has 0 bridgehead atoms. The largest absolute Gasteiger partial charge is 0.314 e. The van der Waals surface area contributed by atoms with Gasteiger partial charge in [-0.3, -0.25) is 4.90 Å². The molecular weight excluding hydrogens is 281 g/mol. The van der Waals surface area contributed by atoms with E-state index in [2.05, 4.69) is 10.2 Å². The summed E-state index contributed by atoms with van der Waals surface area (Å²) in [7, 11) is 0. The Hall–Kier alpha value is -0.420. The van der Waals surface area contributed by atoms with E-state index < -0.39 is 6.67 Å². The van der Waals surface area contributed by atoms with Gasteiger partial charge < -0.3 is 5.32 Å². The van der Waals surface area contributed by atoms with E-state index >= 15 is 0 Å². The Kier molecular flexibility index (Phi) is 8.44. The van der Waals surface area contributed by atoms with Gasteiger partial charge in [0.1, 0.15) is 12.5 Å². The maximum atomic E-state index is 13.1. The molecule has 1 heterocycles. The molecule has 1 aliphatic rings. The Morgan fingerprint density at radius 2 is 1.89 bits per heavy atom. The van der Waals surface area contributed by atoms with Gasteiger partial charge in [-0.25, -0.2) is 8.78 Å². The van der Waals surface area contributed by atoms with E-state index in [4.69, 9.17) is 0 Å². The lowest BCUT2D eigenvalue weighted by atomic mass is 10.1. The van der Waals surface area contributed by atoms with Gasteiger partial charge >= 0.3 is 0 Å². The van der Waals surface area contributed by atoms with Crippen LogP contribution in [-0.4, -0.2) is 37.8 Å². The van der Waals surface area contributed by atoms with Crippen LogP contribution in [0.5, 0.6) is 0 Å². The Bertz CT molecular complexity index is 347. The standard InChI is InChI=1S/C12H16F2N2.2ClH/c13-9-12(16-6-4-15-5-7-16)10-2-1-3-11(14)8-10;;/h1-3,8,12,15H,4-7,9H2;2*1H/t12-;;/m0../s1. The molecule has 0 aromatic heterocycles. The minimum absolute atomic E-state index is 0. The topological polar surface area (TPSA) is 15.3 Å². The molecule has 1 aromatic carbocycles. The summed E-state index contributed by atoms with van der Waals surface area (Å²) in [6.07, 6.45) is 0. The van der Waals surface area contributed by atoms with Crippen molar-refractivity contribution < 1.29 is 8.78 Å². The van der Waals surface area contributed by atoms with E-state index in [1.165, 1.54) is 12.1 Å². The molecule has 1 saturated heterocycles. The van der Waals surface area contributed by atoms with Gasteiger partial charge in [-0.1, -0.05) is 12.1 Å². The van der Waals surface area contributed by atoms with Crippen LogP contribution in [0, 0.1) is 5.82 Å². The summed E-state index contributed by atoms with van der Waals surface area (Å²) in [5, 5.41) is 3.22. The van der Waals surface area contributed by atoms with Crippen LogP contribution in [0.15, 0.2) is 24.3 Å². The second-order valence-electron chi connectivity index (χ2n) is 4.01. The molecule has 0 spiro atoms. The number of benzene rings is 1. The Morgan fingerprint density at radius 3 is 2.44 bits per heavy atom. The molecule has 0 unspecified atom stereocenters. The molecule has 0 amide bonds. The fourth-order valence-corrected chi connectivity index (χ4v) is 2.11. The molecule has 2 nitrogen and oxygen atoms in total. The van der Waals surface area contributed by atoms with Gasteiger partial charge in [-0.2, -0.15) is 0 Å². The number of piperazine rings is 1. The smallest absolute Gasteiger partial charge is 0.123 e. The number of nitrogens with zero attached hydrogens (tertiary/aromatic N) is 1. The van der Waals surface area contributed by atoms with Crippen molar-refractivity contribution in [3.8, 4) is 0 Å². The molecule has 1 N–H and O–H groups in total. The fraction of sp³-hybridized carbons (Fsp3) is 0.500. The number of halogens is 4. The quantitative estimate of drug-likeness (QED) is 0.923. The molecule has 2 rings (SSSR count). The minimum atomic E-state index is -0.469. The van der Waals surface area contributed by atoms with Gasteiger partial charge in [0.15, 0.2) is 0 Å². The molecule has 1 fully saturated rings. The molecule has 6 heteroatoms. The highest BCUT2D eigenvalue weighted by atomic mass is 35.5. The first-order valence-electron chi connectivity index (χ1n) is 5.57. The summed E-state index contributed by atoms with van der Waals surface area (Å²) < 4.78 is 26.2. The predicted octanol–water partition coefficient (Wildman–Crippen LogP) is 2.59. The SMILES string of the molecule is Cl.Cl.FC[C@@H](c1cccc(F)c1)N1CCNCC1. The summed E-state index contributed by atoms with van der Waals surface area (Å²) in [4.78, 5) is 2.06. The van der Waals surface area contributed by atoms with Gasteiger partial charge in [0.25, 0.3) is 0 Å². The molecule has 0 radical (unpaired) electrons. The molecule has 0 aliphatic carbocycles. The average molecular weight is 299 g/mol. The maximum Gasteiger partial charge on any atom is 0.123 e. The highest BCUT2D eigenvalue weighted by molar-refractivity contribution is 5.85. The van der Waals surface area contributed by atoms with E-state index in [9.17, 15) is 8.78 Å². The Morgan fingerprint density at radius 1 is 1.22 bits per heavy atom. The average Bonchev–Trinajstić information content (AvgIpc) is 2.31. The van der Waals surface area contributed by atoms with Crippen molar-refractivity contribution in [2.24, 2.45) is 0 Å². The maximum absolute atomic E-state index is 13.1. The third kappa shape index (κ3) is 4.35. The molecule has 1 atom stereocenters. The minimum Gasteiger partial charge on any atom is -0.314 e. The van der Waals surface area contributed by atoms with Crippen molar-refractivity contribution in [3.63, 3.8) is 0 Å². The highest BCUT2D eigenvalue weighted by Gasteiger charge is 2.22. The lowest BCUT2D eigenvalue weighted by molar-refractivity contribution is 0.147. The van der Waals surface area contributed by atoms with Crippen LogP contribution >= 0.6 is 24.8 Å². The zero-order valence-corrected chi connectivity index (χ0v) is 11.6. The molecule has 1 aromatic rings. The second-order valence-corrected chi connectivity index (χ2v) is 4.01. The van der Waals surface area contributed by atoms with Crippen LogP contribution in [0.4, 0.5) is 8.78 Å². The third-order valence-corrected chi connectivity index (χ3v) is 2.97. The molecule has 1 aliphatic heterocycles. The van der Waals surface area contributed by atoms with Gasteiger partial charge in [-0.15, -0.1) is 24.8 Å². The number of hydrogen-bond donors (Lipinski definition) is 1. The van der Waals surface area contributed by atoms with Gasteiger partial charge in [-0.05, 0) is 17.7 Å². The van der Waals surface area contributed by atoms with E-state index in [0.717, 1.165) is 31.7 Å². The van der Waals surface area contributed by atoms with Crippen molar-refractivity contribution in [1.29, 1.82) is 0 Å². The van der Waals surface area contributed by atoms with Crippen LogP contribution < -0.4 is 5.32 Å². The molecular formula is C12H18Cl2F2N2. The third-order valence-electron chi connectivity index (χ3n) is 2.97. The highest BCUT2D eigenvalue weighted by Crippen LogP contribution is 2.22. The van der Waals surface area contributed by atoms with Crippen molar-refractivity contribution >= 4 is 24.8 Å². The van der Waals surface area contributed by atoms with E-state index in [0.29, 0.717) is 0 Å². The van der Waals surface area contributed by atoms with Gasteiger partial charge in [0.05, 0.1) is 6.04 Å². The van der Waals surface area contributed by atoms with Crippen molar-refractivity contribution in [2.75, 3.05) is 32.9 Å². The van der Waals surface area contributed by atoms with Crippen molar-refractivity contribution in [2.45, 2.75) is 6.04 Å². The molecule has 104 valence electrons. The van der Waals surface area contributed by atoms with Crippen molar-refractivity contribution in [3.05, 3.63) is 35.6 Å². The lowest BCUT2D eigenvalue weighted by Crippen LogP contribution is -2.45. The molecule has 18 heavy (non-hydrogen) atoms. The van der Waals surface area contributed by atoms with Crippen molar-refractivity contribution in [1.82, 2.24) is 10.2 Å². The van der Waals surface area contributed by atoms with E-state index in [1.807, 2.05) is 0 Å². The summed E-state index contributed by atoms with van der Waals surface area (Å²) in [5.74, 6) is -0.300. The Labute approximate surface area is 119 Å². The summed E-state index contributed by atoms with van der Waals surface area (Å²) in [5.41, 5.74) is 0.726. The van der Waals surface area contributed by atoms with E-state index in [-0.39, 0.29) is 36.7 Å². The second kappa shape index (κ2) is 8.64. The first kappa shape index (κ1) is 17.6. The fourth-order valence-electron chi connectivity index (χ4n) is 2.11. The van der Waals surface area contributed by atoms with Gasteiger partial charge in [0, 0.05) is 26.2 Å². The normalized spacial score (nSPS) is 17.4. The summed E-state index contributed by atoms with van der Waals surface area (Å²) in [6, 6.07) is 5.92. The number of nitrogens with one attached hydrogen (secondary N) is 1. The Balaban J connectivity index is 0.00000144. The first-order valence-corrected chi connectivity index (χ1v) is 5.57. The first-order chi connectivity index (χ1) is 7.81. The molecule has 0 saturated carbocycles.